The van der Waals surface area contributed by atoms with Crippen molar-refractivity contribution in [2.45, 2.75) is 162 Å². The number of nitrogens with zero attached hydrogens (tertiary/aromatic N) is 5. The monoisotopic (exact) mass is 992 g/mol. The number of pyridine rings is 1. The summed E-state index contributed by atoms with van der Waals surface area (Å²) in [5.74, 6) is -0.0761. The molecule has 1 saturated carbocycles. The van der Waals surface area contributed by atoms with Crippen molar-refractivity contribution < 1.29 is 33.0 Å². The van der Waals surface area contributed by atoms with E-state index in [1.165, 1.54) is 0 Å². The smallest absolute Gasteiger partial charge is 0.408 e. The number of anilines is 1. The van der Waals surface area contributed by atoms with Gasteiger partial charge in [0.1, 0.15) is 23.4 Å². The molecule has 0 radical (unpaired) electrons. The van der Waals surface area contributed by atoms with Crippen LogP contribution in [-0.2, 0) is 43.2 Å². The van der Waals surface area contributed by atoms with Gasteiger partial charge in [0.05, 0.1) is 42.0 Å². The van der Waals surface area contributed by atoms with Crippen molar-refractivity contribution in [3.05, 3.63) is 65.5 Å². The average molecular weight is 992 g/mol. The molecule has 2 aromatic carbocycles. The zero-order valence-corrected chi connectivity index (χ0v) is 46.2. The first-order chi connectivity index (χ1) is 33.4. The average Bonchev–Trinajstić information content (AvgIpc) is 3.91. The van der Waals surface area contributed by atoms with Gasteiger partial charge >= 0.3 is 12.1 Å². The second kappa shape index (κ2) is 20.2. The van der Waals surface area contributed by atoms with E-state index in [2.05, 4.69) is 144 Å². The van der Waals surface area contributed by atoms with Crippen molar-refractivity contribution >= 4 is 42.9 Å². The number of ether oxygens (including phenoxy) is 3. The SMILES string of the molecule is CCn1c(-c2cc(N3CCN(C)CC3)cnc2[C@H](C)OC)c2c3cc(ccc31)-c1cc(cc(O[Si](C(C)C)(C(C)C)C(C)C)c1)C[C@H](NC(=O)OC(C)(C)C)C(=O)N1NC(C(=O)OCC(C)(C)C2)C2CC21. The number of benzene rings is 2. The molecule has 0 spiro atoms. The van der Waals surface area contributed by atoms with Gasteiger partial charge in [0, 0.05) is 74.1 Å². The Bertz CT molecular complexity index is 2610. The van der Waals surface area contributed by atoms with Crippen molar-refractivity contribution in [3.63, 3.8) is 0 Å². The van der Waals surface area contributed by atoms with Crippen LogP contribution in [0.15, 0.2) is 48.7 Å². The van der Waals surface area contributed by atoms with E-state index in [0.717, 1.165) is 87.7 Å². The molecule has 4 aliphatic rings. The van der Waals surface area contributed by atoms with Crippen LogP contribution in [0.4, 0.5) is 10.5 Å². The Hall–Kier alpha value is -4.96. The van der Waals surface area contributed by atoms with E-state index in [1.807, 2.05) is 6.20 Å². The summed E-state index contributed by atoms with van der Waals surface area (Å²) in [4.78, 5) is 52.7. The topological polar surface area (TPSA) is 140 Å². The molecule has 71 heavy (non-hydrogen) atoms. The number of amides is 2. The van der Waals surface area contributed by atoms with Crippen LogP contribution in [0.3, 0.4) is 0 Å². The first kappa shape index (κ1) is 52.4. The molecular formula is C56H81N7O7Si. The molecule has 3 unspecified atom stereocenters. The Morgan fingerprint density at radius 2 is 1.65 bits per heavy atom. The summed E-state index contributed by atoms with van der Waals surface area (Å²) < 4.78 is 28.0. The number of hydrazine groups is 1. The minimum Gasteiger partial charge on any atom is -0.543 e. The Balaban J connectivity index is 1.37. The number of piperazine rings is 1. The van der Waals surface area contributed by atoms with Crippen molar-refractivity contribution in [2.24, 2.45) is 11.3 Å². The molecule has 3 fully saturated rings. The highest BCUT2D eigenvalue weighted by atomic mass is 28.4. The number of aromatic nitrogens is 2. The molecule has 3 aliphatic heterocycles. The fourth-order valence-corrected chi connectivity index (χ4v) is 17.1. The van der Waals surface area contributed by atoms with Crippen molar-refractivity contribution in [3.8, 4) is 28.1 Å². The third-order valence-electron chi connectivity index (χ3n) is 15.6. The zero-order valence-electron chi connectivity index (χ0n) is 45.2. The van der Waals surface area contributed by atoms with Crippen LogP contribution in [0, 0.1) is 11.3 Å². The van der Waals surface area contributed by atoms with Gasteiger partial charge in [-0.2, -0.15) is 0 Å². The summed E-state index contributed by atoms with van der Waals surface area (Å²) in [6.07, 6.45) is 2.43. The molecule has 6 bridgehead atoms. The molecule has 2 amide bonds. The van der Waals surface area contributed by atoms with Crippen molar-refractivity contribution in [1.82, 2.24) is 30.2 Å². The minimum absolute atomic E-state index is 0.101. The van der Waals surface area contributed by atoms with Crippen molar-refractivity contribution in [1.29, 1.82) is 0 Å². The maximum absolute atomic E-state index is 14.9. The lowest BCUT2D eigenvalue weighted by Gasteiger charge is -2.42. The Morgan fingerprint density at radius 3 is 2.28 bits per heavy atom. The minimum atomic E-state index is -2.48. The number of alkyl carbamates (subject to hydrolysis) is 1. The second-order valence-electron chi connectivity index (χ2n) is 23.5. The number of carbonyl (C=O) groups excluding carboxylic acids is 3. The maximum Gasteiger partial charge on any atom is 0.408 e. The third-order valence-corrected chi connectivity index (χ3v) is 21.6. The molecule has 5 atom stereocenters. The number of rotatable bonds is 11. The van der Waals surface area contributed by atoms with Gasteiger partial charge < -0.3 is 38.3 Å². The summed E-state index contributed by atoms with van der Waals surface area (Å²) in [6, 6.07) is 13.5. The quantitative estimate of drug-likeness (QED) is 0.110. The predicted molar refractivity (Wildman–Crippen MR) is 284 cm³/mol. The summed E-state index contributed by atoms with van der Waals surface area (Å²) in [5, 5.41) is 5.61. The number of nitrogens with one attached hydrogen (secondary N) is 2. The van der Waals surface area contributed by atoms with E-state index in [1.54, 1.807) is 32.9 Å². The number of carbonyl (C=O) groups is 3. The Morgan fingerprint density at radius 1 is 0.958 bits per heavy atom. The number of aryl methyl sites for hydroxylation is 1. The molecule has 2 saturated heterocycles. The van der Waals surface area contributed by atoms with Crippen LogP contribution in [0.5, 0.6) is 5.75 Å². The van der Waals surface area contributed by atoms with Gasteiger partial charge in [-0.05, 0) is 124 Å². The number of esters is 1. The molecule has 5 heterocycles. The Labute approximate surface area is 423 Å². The van der Waals surface area contributed by atoms with Crippen LogP contribution >= 0.6 is 0 Å². The molecule has 2 aromatic heterocycles. The van der Waals surface area contributed by atoms with Crippen molar-refractivity contribution in [2.75, 3.05) is 51.8 Å². The van der Waals surface area contributed by atoms with Crippen LogP contribution in [-0.4, -0.2) is 116 Å². The summed E-state index contributed by atoms with van der Waals surface area (Å²) in [7, 11) is 1.43. The number of hydrogen-bond donors (Lipinski definition) is 2. The molecule has 14 nitrogen and oxygen atoms in total. The number of hydrogen-bond acceptors (Lipinski definition) is 11. The van der Waals surface area contributed by atoms with E-state index >= 15 is 0 Å². The number of methoxy groups -OCH3 is 1. The highest BCUT2D eigenvalue weighted by molar-refractivity contribution is 6.78. The van der Waals surface area contributed by atoms with Crippen LogP contribution < -0.4 is 20.1 Å². The summed E-state index contributed by atoms with van der Waals surface area (Å²) >= 11 is 0. The first-order valence-corrected chi connectivity index (χ1v) is 28.3. The first-order valence-electron chi connectivity index (χ1n) is 26.2. The maximum atomic E-state index is 14.9. The summed E-state index contributed by atoms with van der Waals surface area (Å²) in [6.45, 7) is 32.3. The normalized spacial score (nSPS) is 22.5. The second-order valence-corrected chi connectivity index (χ2v) is 28.9. The van der Waals surface area contributed by atoms with Crippen LogP contribution in [0.1, 0.15) is 119 Å². The van der Waals surface area contributed by atoms with Gasteiger partial charge in [0.2, 0.25) is 0 Å². The van der Waals surface area contributed by atoms with E-state index in [-0.39, 0.29) is 43.0 Å². The number of cyclic esters (lactones) is 1. The molecule has 2 N–H and O–H groups in total. The highest BCUT2D eigenvalue weighted by Gasteiger charge is 2.59. The largest absolute Gasteiger partial charge is 0.543 e. The summed E-state index contributed by atoms with van der Waals surface area (Å²) in [5.41, 5.74) is 11.9. The van der Waals surface area contributed by atoms with E-state index in [4.69, 9.17) is 23.6 Å². The van der Waals surface area contributed by atoms with Gasteiger partial charge in [0.15, 0.2) is 0 Å². The molecule has 8 rings (SSSR count). The standard InChI is InChI=1S/C56H81N7O7Si/c1-16-62-47-18-17-38-27-42(47)45(51(62)44-28-40(31-57-49(44)36(8)67-15)61-21-19-60(14)20-22-61)30-56(12,13)32-68-53(65)50-43-29-48(43)63(59-50)52(64)46(58-54(66)69-55(9,10)11)25-37-23-39(38)26-41(24-37)70-71(33(2)3,34(4)5)35(6)7/h17-18,23-24,26-28,31,33-36,43,46,48,50,59H,16,19-22,25,29-30,32H2,1-15H3,(H,58,66)/t36-,43?,46-,48?,50?/m0/s1. The zero-order chi connectivity index (χ0) is 51.5. The molecule has 1 aliphatic carbocycles. The van der Waals surface area contributed by atoms with Crippen LogP contribution in [0.25, 0.3) is 33.3 Å². The van der Waals surface area contributed by atoms with E-state index < -0.39 is 37.5 Å². The van der Waals surface area contributed by atoms with Gasteiger partial charge in [-0.3, -0.25) is 19.6 Å². The molecular weight excluding hydrogens is 911 g/mol. The molecule has 4 aromatic rings. The van der Waals surface area contributed by atoms with E-state index in [0.29, 0.717) is 36.0 Å². The van der Waals surface area contributed by atoms with Gasteiger partial charge in [-0.25, -0.2) is 10.2 Å². The van der Waals surface area contributed by atoms with E-state index in [9.17, 15) is 14.4 Å². The number of likely N-dealkylation sites (N-methyl/N-ethyl adjacent to an activating group) is 1. The van der Waals surface area contributed by atoms with Gasteiger partial charge in [0.25, 0.3) is 14.2 Å². The van der Waals surface area contributed by atoms with Gasteiger partial charge in [-0.1, -0.05) is 67.5 Å². The lowest BCUT2D eigenvalue weighted by Crippen LogP contribution is -2.56. The predicted octanol–water partition coefficient (Wildman–Crippen LogP) is 10.1. The fourth-order valence-electron chi connectivity index (χ4n) is 11.9. The third kappa shape index (κ3) is 10.6. The fraction of sp³-hybridized carbons (Fsp3) is 0.607. The molecule has 386 valence electrons. The highest BCUT2D eigenvalue weighted by Crippen LogP contribution is 2.47. The Kier molecular flexibility index (Phi) is 14.9. The molecule has 15 heteroatoms. The lowest BCUT2D eigenvalue weighted by atomic mass is 9.84. The van der Waals surface area contributed by atoms with Gasteiger partial charge in [-0.15, -0.1) is 0 Å². The number of fused-ring (bicyclic) bond motifs is 9. The lowest BCUT2D eigenvalue weighted by molar-refractivity contribution is -0.151. The van der Waals surface area contributed by atoms with Crippen LogP contribution in [0.2, 0.25) is 16.6 Å².